The van der Waals surface area contributed by atoms with E-state index in [4.69, 9.17) is 0 Å². The van der Waals surface area contributed by atoms with Crippen LogP contribution in [0, 0.1) is 0 Å². The van der Waals surface area contributed by atoms with Gasteiger partial charge in [0.25, 0.3) is 0 Å². The Labute approximate surface area is 120 Å². The molecule has 1 aromatic carbocycles. The fourth-order valence-electron chi connectivity index (χ4n) is 2.35. The van der Waals surface area contributed by atoms with Crippen molar-refractivity contribution in [1.82, 2.24) is 15.1 Å². The number of likely N-dealkylation sites (N-methyl/N-ethyl adjacent to an activating group) is 1. The Morgan fingerprint density at radius 2 is 1.90 bits per heavy atom. The summed E-state index contributed by atoms with van der Waals surface area (Å²) in [5, 5.41) is 12.6. The van der Waals surface area contributed by atoms with Gasteiger partial charge in [-0.3, -0.25) is 10.1 Å². The van der Waals surface area contributed by atoms with Crippen LogP contribution in [-0.4, -0.2) is 67.2 Å². The number of rotatable bonds is 5. The lowest BCUT2D eigenvalue weighted by atomic mass is 10.1. The summed E-state index contributed by atoms with van der Waals surface area (Å²) in [6.45, 7) is 3.67. The fraction of sp³-hybridized carbons (Fsp3) is 0.533. The van der Waals surface area contributed by atoms with Crippen LogP contribution in [0.1, 0.15) is 11.6 Å². The molecular formula is C15H23N3O2. The summed E-state index contributed by atoms with van der Waals surface area (Å²) >= 11 is 0. The van der Waals surface area contributed by atoms with Gasteiger partial charge in [-0.1, -0.05) is 30.3 Å². The summed E-state index contributed by atoms with van der Waals surface area (Å²) in [6, 6.07) is 9.52. The topological polar surface area (TPSA) is 55.8 Å². The average molecular weight is 277 g/mol. The van der Waals surface area contributed by atoms with Crippen LogP contribution < -0.4 is 5.32 Å². The lowest BCUT2D eigenvalue weighted by molar-refractivity contribution is -0.131. The average Bonchev–Trinajstić information content (AvgIpc) is 2.49. The molecule has 1 heterocycles. The molecule has 0 bridgehead atoms. The fourth-order valence-corrected chi connectivity index (χ4v) is 2.35. The molecular weight excluding hydrogens is 254 g/mol. The smallest absolute Gasteiger partial charge is 0.236 e. The first-order chi connectivity index (χ1) is 9.70. The van der Waals surface area contributed by atoms with E-state index in [1.165, 1.54) is 0 Å². The minimum atomic E-state index is -0.187. The Morgan fingerprint density at radius 1 is 1.25 bits per heavy atom. The minimum absolute atomic E-state index is 0.0139. The molecule has 0 aromatic heterocycles. The molecule has 110 valence electrons. The van der Waals surface area contributed by atoms with E-state index >= 15 is 0 Å². The molecule has 0 saturated carbocycles. The predicted octanol–water partition coefficient (Wildman–Crippen LogP) is 0.0836. The van der Waals surface area contributed by atoms with Crippen LogP contribution >= 0.6 is 0 Å². The van der Waals surface area contributed by atoms with Gasteiger partial charge in [0.2, 0.25) is 5.91 Å². The number of aliphatic hydroxyl groups is 1. The third-order valence-electron chi connectivity index (χ3n) is 3.74. The molecule has 1 aliphatic rings. The van der Waals surface area contributed by atoms with Crippen LogP contribution in [0.15, 0.2) is 30.3 Å². The first-order valence-corrected chi connectivity index (χ1v) is 7.06. The molecule has 0 radical (unpaired) electrons. The van der Waals surface area contributed by atoms with Gasteiger partial charge in [0, 0.05) is 26.2 Å². The van der Waals surface area contributed by atoms with Gasteiger partial charge in [-0.25, -0.2) is 0 Å². The maximum Gasteiger partial charge on any atom is 0.236 e. The molecule has 1 unspecified atom stereocenters. The van der Waals surface area contributed by atoms with Gasteiger partial charge in [0.15, 0.2) is 0 Å². The molecule has 1 amide bonds. The van der Waals surface area contributed by atoms with Crippen LogP contribution in [0.5, 0.6) is 0 Å². The number of hydrogen-bond donors (Lipinski definition) is 2. The molecule has 1 aromatic rings. The number of nitrogens with one attached hydrogen (secondary N) is 1. The van der Waals surface area contributed by atoms with E-state index in [9.17, 15) is 9.90 Å². The van der Waals surface area contributed by atoms with E-state index in [2.05, 4.69) is 17.3 Å². The summed E-state index contributed by atoms with van der Waals surface area (Å²) in [7, 11) is 2.07. The lowest BCUT2D eigenvalue weighted by Crippen LogP contribution is -2.49. The predicted molar refractivity (Wildman–Crippen MR) is 78.3 cm³/mol. The number of benzene rings is 1. The Balaban J connectivity index is 1.83. The SMILES string of the molecule is CN1CCN(C(=O)CNC(CO)c2ccccc2)CC1. The number of aliphatic hydroxyl groups excluding tert-OH is 1. The Kier molecular flexibility index (Phi) is 5.52. The quantitative estimate of drug-likeness (QED) is 0.800. The van der Waals surface area contributed by atoms with E-state index in [1.54, 1.807) is 0 Å². The zero-order valence-electron chi connectivity index (χ0n) is 12.0. The maximum absolute atomic E-state index is 12.1. The van der Waals surface area contributed by atoms with Crippen molar-refractivity contribution in [3.05, 3.63) is 35.9 Å². The largest absolute Gasteiger partial charge is 0.394 e. The second kappa shape index (κ2) is 7.38. The zero-order chi connectivity index (χ0) is 14.4. The van der Waals surface area contributed by atoms with Crippen molar-refractivity contribution in [3.63, 3.8) is 0 Å². The molecule has 1 fully saturated rings. The number of hydrogen-bond acceptors (Lipinski definition) is 4. The van der Waals surface area contributed by atoms with Gasteiger partial charge in [-0.15, -0.1) is 0 Å². The molecule has 1 atom stereocenters. The number of piperazine rings is 1. The highest BCUT2D eigenvalue weighted by atomic mass is 16.3. The summed E-state index contributed by atoms with van der Waals surface area (Å²) in [4.78, 5) is 16.2. The Morgan fingerprint density at radius 3 is 2.50 bits per heavy atom. The van der Waals surface area contributed by atoms with Gasteiger partial charge in [0.05, 0.1) is 19.2 Å². The summed E-state index contributed by atoms with van der Waals surface area (Å²) in [5.41, 5.74) is 1.00. The van der Waals surface area contributed by atoms with Crippen LogP contribution in [0.25, 0.3) is 0 Å². The molecule has 1 aliphatic heterocycles. The lowest BCUT2D eigenvalue weighted by Gasteiger charge is -2.32. The summed E-state index contributed by atoms with van der Waals surface area (Å²) in [6.07, 6.45) is 0. The third-order valence-corrected chi connectivity index (χ3v) is 3.74. The second-order valence-electron chi connectivity index (χ2n) is 5.21. The third kappa shape index (κ3) is 4.03. The first-order valence-electron chi connectivity index (χ1n) is 7.06. The normalized spacial score (nSPS) is 18.0. The number of amides is 1. The molecule has 1 saturated heterocycles. The Hall–Kier alpha value is -1.43. The van der Waals surface area contributed by atoms with Crippen molar-refractivity contribution in [2.24, 2.45) is 0 Å². The molecule has 2 rings (SSSR count). The molecule has 5 nitrogen and oxygen atoms in total. The van der Waals surface area contributed by atoms with E-state index in [1.807, 2.05) is 35.2 Å². The van der Waals surface area contributed by atoms with Crippen molar-refractivity contribution in [1.29, 1.82) is 0 Å². The number of carbonyl (C=O) groups is 1. The van der Waals surface area contributed by atoms with Crippen molar-refractivity contribution < 1.29 is 9.90 Å². The Bertz CT molecular complexity index is 416. The monoisotopic (exact) mass is 277 g/mol. The minimum Gasteiger partial charge on any atom is -0.394 e. The summed E-state index contributed by atoms with van der Waals surface area (Å²) in [5.74, 6) is 0.104. The van der Waals surface area contributed by atoms with Crippen LogP contribution in [0.3, 0.4) is 0 Å². The van der Waals surface area contributed by atoms with Crippen molar-refractivity contribution in [2.45, 2.75) is 6.04 Å². The van der Waals surface area contributed by atoms with Crippen LogP contribution in [-0.2, 0) is 4.79 Å². The second-order valence-corrected chi connectivity index (χ2v) is 5.21. The molecule has 0 spiro atoms. The highest BCUT2D eigenvalue weighted by molar-refractivity contribution is 5.78. The van der Waals surface area contributed by atoms with Gasteiger partial charge in [-0.2, -0.15) is 0 Å². The van der Waals surface area contributed by atoms with Crippen molar-refractivity contribution >= 4 is 5.91 Å². The van der Waals surface area contributed by atoms with Gasteiger partial charge in [-0.05, 0) is 12.6 Å². The van der Waals surface area contributed by atoms with E-state index in [-0.39, 0.29) is 25.1 Å². The molecule has 0 aliphatic carbocycles. The molecule has 2 N–H and O–H groups in total. The van der Waals surface area contributed by atoms with E-state index in [0.717, 1.165) is 31.7 Å². The standard InChI is InChI=1S/C15H23N3O2/c1-17-7-9-18(10-8-17)15(20)11-16-14(12-19)13-5-3-2-4-6-13/h2-6,14,16,19H,7-12H2,1H3. The van der Waals surface area contributed by atoms with Gasteiger partial charge < -0.3 is 14.9 Å². The zero-order valence-corrected chi connectivity index (χ0v) is 12.0. The maximum atomic E-state index is 12.1. The van der Waals surface area contributed by atoms with Crippen molar-refractivity contribution in [3.8, 4) is 0 Å². The van der Waals surface area contributed by atoms with Gasteiger partial charge >= 0.3 is 0 Å². The van der Waals surface area contributed by atoms with Gasteiger partial charge in [0.1, 0.15) is 0 Å². The highest BCUT2D eigenvalue weighted by Crippen LogP contribution is 2.11. The molecule has 20 heavy (non-hydrogen) atoms. The van der Waals surface area contributed by atoms with Crippen molar-refractivity contribution in [2.75, 3.05) is 46.4 Å². The molecule has 5 heteroatoms. The van der Waals surface area contributed by atoms with Crippen LogP contribution in [0.2, 0.25) is 0 Å². The summed E-state index contributed by atoms with van der Waals surface area (Å²) < 4.78 is 0. The van der Waals surface area contributed by atoms with E-state index < -0.39 is 0 Å². The highest BCUT2D eigenvalue weighted by Gasteiger charge is 2.19. The van der Waals surface area contributed by atoms with E-state index in [0.29, 0.717) is 0 Å². The van der Waals surface area contributed by atoms with Crippen LogP contribution in [0.4, 0.5) is 0 Å². The number of nitrogens with zero attached hydrogens (tertiary/aromatic N) is 2. The first kappa shape index (κ1) is 15.0. The number of carbonyl (C=O) groups excluding carboxylic acids is 1.